The zero-order chi connectivity index (χ0) is 11.3. The van der Waals surface area contributed by atoms with E-state index < -0.39 is 0 Å². The van der Waals surface area contributed by atoms with Gasteiger partial charge in [-0.3, -0.25) is 0 Å². The number of alkyl halides is 1. The van der Waals surface area contributed by atoms with Crippen molar-refractivity contribution >= 4 is 23.2 Å². The Labute approximate surface area is 99.1 Å². The Balaban J connectivity index is 2.53. The second-order valence-corrected chi connectivity index (χ2v) is 4.35. The summed E-state index contributed by atoms with van der Waals surface area (Å²) >= 11 is 11.9. The maximum atomic E-state index is 12.9. The summed E-state index contributed by atoms with van der Waals surface area (Å²) in [6.07, 6.45) is 1.38. The van der Waals surface area contributed by atoms with Gasteiger partial charge in [0.15, 0.2) is 0 Å². The lowest BCUT2D eigenvalue weighted by Crippen LogP contribution is -2.08. The van der Waals surface area contributed by atoms with Crippen molar-refractivity contribution in [3.63, 3.8) is 0 Å². The summed E-state index contributed by atoms with van der Waals surface area (Å²) in [4.78, 5) is 0. The normalized spacial score (nSPS) is 12.8. The Hall–Kier alpha value is -0.310. The van der Waals surface area contributed by atoms with E-state index in [4.69, 9.17) is 27.9 Å². The number of halogens is 3. The summed E-state index contributed by atoms with van der Waals surface area (Å²) in [6.45, 7) is 0.495. The van der Waals surface area contributed by atoms with E-state index in [9.17, 15) is 4.39 Å². The molecule has 0 radical (unpaired) electrons. The van der Waals surface area contributed by atoms with Crippen molar-refractivity contribution in [2.24, 2.45) is 0 Å². The molecule has 0 N–H and O–H groups in total. The first-order chi connectivity index (χ1) is 7.13. The van der Waals surface area contributed by atoms with Crippen LogP contribution in [0.1, 0.15) is 12.0 Å². The highest BCUT2D eigenvalue weighted by atomic mass is 35.5. The van der Waals surface area contributed by atoms with Crippen molar-refractivity contribution in [1.82, 2.24) is 0 Å². The minimum absolute atomic E-state index is 0.0608. The van der Waals surface area contributed by atoms with Crippen LogP contribution in [0.5, 0.6) is 0 Å². The van der Waals surface area contributed by atoms with Crippen molar-refractivity contribution < 1.29 is 9.13 Å². The minimum Gasteiger partial charge on any atom is -0.383 e. The van der Waals surface area contributed by atoms with Gasteiger partial charge >= 0.3 is 0 Å². The van der Waals surface area contributed by atoms with Gasteiger partial charge in [0.2, 0.25) is 0 Å². The first-order valence-corrected chi connectivity index (χ1v) is 5.52. The monoisotopic (exact) mass is 250 g/mol. The van der Waals surface area contributed by atoms with Crippen LogP contribution in [-0.2, 0) is 11.2 Å². The molecule has 1 atom stereocenters. The molecule has 0 aliphatic heterocycles. The molecule has 0 fully saturated rings. The van der Waals surface area contributed by atoms with Crippen LogP contribution < -0.4 is 0 Å². The number of aryl methyl sites for hydroxylation is 1. The Kier molecular flexibility index (Phi) is 5.37. The molecule has 0 amide bonds. The summed E-state index contributed by atoms with van der Waals surface area (Å²) in [5, 5.41) is 0.520. The largest absolute Gasteiger partial charge is 0.383 e. The van der Waals surface area contributed by atoms with Crippen LogP contribution in [0, 0.1) is 5.82 Å². The van der Waals surface area contributed by atoms with E-state index in [1.165, 1.54) is 12.1 Å². The van der Waals surface area contributed by atoms with Gasteiger partial charge in [-0.25, -0.2) is 4.39 Å². The zero-order valence-electron chi connectivity index (χ0n) is 8.47. The quantitative estimate of drug-likeness (QED) is 0.725. The smallest absolute Gasteiger partial charge is 0.123 e. The van der Waals surface area contributed by atoms with E-state index in [0.29, 0.717) is 18.1 Å². The molecule has 0 bridgehead atoms. The first kappa shape index (κ1) is 12.8. The Morgan fingerprint density at radius 2 is 2.20 bits per heavy atom. The number of hydrogen-bond donors (Lipinski definition) is 0. The van der Waals surface area contributed by atoms with Crippen LogP contribution in [-0.4, -0.2) is 19.1 Å². The van der Waals surface area contributed by atoms with Crippen molar-refractivity contribution in [1.29, 1.82) is 0 Å². The third-order valence-electron chi connectivity index (χ3n) is 2.08. The van der Waals surface area contributed by atoms with Gasteiger partial charge < -0.3 is 4.74 Å². The van der Waals surface area contributed by atoms with Gasteiger partial charge in [-0.15, -0.1) is 11.6 Å². The lowest BCUT2D eigenvalue weighted by atomic mass is 10.1. The number of rotatable bonds is 5. The van der Waals surface area contributed by atoms with Gasteiger partial charge in [0.25, 0.3) is 0 Å². The Morgan fingerprint density at radius 3 is 2.87 bits per heavy atom. The van der Waals surface area contributed by atoms with Crippen molar-refractivity contribution in [3.8, 4) is 0 Å². The van der Waals surface area contributed by atoms with Crippen LogP contribution in [0.15, 0.2) is 18.2 Å². The molecule has 1 nitrogen and oxygen atoms in total. The zero-order valence-corrected chi connectivity index (χ0v) is 9.98. The molecule has 15 heavy (non-hydrogen) atoms. The fraction of sp³-hybridized carbons (Fsp3) is 0.455. The van der Waals surface area contributed by atoms with Gasteiger partial charge in [-0.05, 0) is 36.6 Å². The summed E-state index contributed by atoms with van der Waals surface area (Å²) in [6, 6.07) is 4.35. The lowest BCUT2D eigenvalue weighted by Gasteiger charge is -2.09. The highest BCUT2D eigenvalue weighted by Crippen LogP contribution is 2.20. The molecule has 84 valence electrons. The van der Waals surface area contributed by atoms with E-state index in [1.807, 2.05) is 0 Å². The van der Waals surface area contributed by atoms with E-state index in [-0.39, 0.29) is 11.2 Å². The second kappa shape index (κ2) is 6.31. The maximum absolute atomic E-state index is 12.9. The molecule has 0 saturated heterocycles. The third-order valence-corrected chi connectivity index (χ3v) is 2.80. The fourth-order valence-corrected chi connectivity index (χ4v) is 1.76. The summed E-state index contributed by atoms with van der Waals surface area (Å²) in [5.41, 5.74) is 0.790. The molecule has 0 spiro atoms. The highest BCUT2D eigenvalue weighted by Gasteiger charge is 2.07. The standard InChI is InChI=1S/C11H13Cl2FO/c1-15-7-9(12)3-2-8-6-10(14)4-5-11(8)13/h4-6,9H,2-3,7H2,1H3. The Bertz CT molecular complexity index is 317. The summed E-state index contributed by atoms with van der Waals surface area (Å²) in [7, 11) is 1.60. The van der Waals surface area contributed by atoms with Crippen LogP contribution in [0.4, 0.5) is 4.39 Å². The molecule has 0 aliphatic rings. The van der Waals surface area contributed by atoms with Crippen LogP contribution in [0.2, 0.25) is 5.02 Å². The van der Waals surface area contributed by atoms with E-state index >= 15 is 0 Å². The number of methoxy groups -OCH3 is 1. The van der Waals surface area contributed by atoms with E-state index in [1.54, 1.807) is 13.2 Å². The maximum Gasteiger partial charge on any atom is 0.123 e. The molecule has 1 unspecified atom stereocenters. The molecule has 0 saturated carbocycles. The van der Waals surface area contributed by atoms with Crippen molar-refractivity contribution in [2.45, 2.75) is 18.2 Å². The molecule has 0 aromatic heterocycles. The highest BCUT2D eigenvalue weighted by molar-refractivity contribution is 6.31. The SMILES string of the molecule is COCC(Cl)CCc1cc(F)ccc1Cl. The molecular formula is C11H13Cl2FO. The Morgan fingerprint density at radius 1 is 1.47 bits per heavy atom. The molecule has 4 heteroatoms. The topological polar surface area (TPSA) is 9.23 Å². The summed E-state index contributed by atoms with van der Waals surface area (Å²) < 4.78 is 17.8. The third kappa shape index (κ3) is 4.37. The first-order valence-electron chi connectivity index (χ1n) is 4.70. The minimum atomic E-state index is -0.271. The second-order valence-electron chi connectivity index (χ2n) is 3.33. The molecule has 1 aromatic rings. The molecule has 0 aliphatic carbocycles. The molecule has 0 heterocycles. The van der Waals surface area contributed by atoms with Gasteiger partial charge in [0, 0.05) is 12.1 Å². The van der Waals surface area contributed by atoms with Gasteiger partial charge in [-0.2, -0.15) is 0 Å². The fourth-order valence-electron chi connectivity index (χ4n) is 1.31. The molecular weight excluding hydrogens is 238 g/mol. The number of hydrogen-bond acceptors (Lipinski definition) is 1. The number of benzene rings is 1. The van der Waals surface area contributed by atoms with Crippen molar-refractivity contribution in [3.05, 3.63) is 34.6 Å². The number of ether oxygens (including phenoxy) is 1. The van der Waals surface area contributed by atoms with Gasteiger partial charge in [0.1, 0.15) is 5.82 Å². The van der Waals surface area contributed by atoms with Crippen molar-refractivity contribution in [2.75, 3.05) is 13.7 Å². The van der Waals surface area contributed by atoms with Crippen LogP contribution in [0.3, 0.4) is 0 Å². The summed E-state index contributed by atoms with van der Waals surface area (Å²) in [5.74, 6) is -0.271. The van der Waals surface area contributed by atoms with E-state index in [2.05, 4.69) is 0 Å². The van der Waals surface area contributed by atoms with E-state index in [0.717, 1.165) is 12.0 Å². The van der Waals surface area contributed by atoms with Crippen LogP contribution >= 0.6 is 23.2 Å². The van der Waals surface area contributed by atoms with Crippen LogP contribution in [0.25, 0.3) is 0 Å². The lowest BCUT2D eigenvalue weighted by molar-refractivity contribution is 0.195. The average molecular weight is 251 g/mol. The predicted molar refractivity (Wildman–Crippen MR) is 61.2 cm³/mol. The average Bonchev–Trinajstić information content (AvgIpc) is 2.20. The van der Waals surface area contributed by atoms with Gasteiger partial charge in [0.05, 0.1) is 12.0 Å². The van der Waals surface area contributed by atoms with Gasteiger partial charge in [-0.1, -0.05) is 11.6 Å². The predicted octanol–water partition coefficient (Wildman–Crippen LogP) is 3.67. The molecule has 1 aromatic carbocycles. The molecule has 1 rings (SSSR count).